The number of anilines is 3. The third-order valence-corrected chi connectivity index (χ3v) is 7.45. The Hall–Kier alpha value is -2.62. The van der Waals surface area contributed by atoms with Crippen LogP contribution in [0.15, 0.2) is 30.5 Å². The van der Waals surface area contributed by atoms with Gasteiger partial charge in [0.1, 0.15) is 5.82 Å². The number of hydrogen-bond acceptors (Lipinski definition) is 9. The van der Waals surface area contributed by atoms with Crippen molar-refractivity contribution in [3.8, 4) is 11.5 Å². The summed E-state index contributed by atoms with van der Waals surface area (Å²) in [6, 6.07) is 8.30. The van der Waals surface area contributed by atoms with Crippen molar-refractivity contribution in [1.29, 1.82) is 0 Å². The lowest BCUT2D eigenvalue weighted by atomic mass is 10.1. The van der Waals surface area contributed by atoms with Gasteiger partial charge in [-0.25, -0.2) is 4.98 Å². The second-order valence-electron chi connectivity index (χ2n) is 10.1. The molecule has 3 fully saturated rings. The number of fused-ring (bicyclic) bond motifs is 1. The Morgan fingerprint density at radius 1 is 1.08 bits per heavy atom. The van der Waals surface area contributed by atoms with Gasteiger partial charge in [0.15, 0.2) is 11.5 Å². The van der Waals surface area contributed by atoms with E-state index in [1.807, 2.05) is 24.3 Å². The number of aromatic nitrogens is 2. The third-order valence-electron chi connectivity index (χ3n) is 7.45. The largest absolute Gasteiger partial charge is 0.493 e. The molecule has 0 amide bonds. The number of benzene rings is 1. The van der Waals surface area contributed by atoms with Gasteiger partial charge < -0.3 is 25.0 Å². The summed E-state index contributed by atoms with van der Waals surface area (Å²) in [7, 11) is 1.67. The molecule has 36 heavy (non-hydrogen) atoms. The highest BCUT2D eigenvalue weighted by Crippen LogP contribution is 2.31. The van der Waals surface area contributed by atoms with Crippen LogP contribution in [0.4, 0.5) is 17.5 Å². The monoisotopic (exact) mass is 495 g/mol. The van der Waals surface area contributed by atoms with Crippen LogP contribution in [0.3, 0.4) is 0 Å². The molecule has 3 aliphatic rings. The molecule has 3 saturated heterocycles. The molecule has 196 valence electrons. The topological polar surface area (TPSA) is 86.8 Å². The summed E-state index contributed by atoms with van der Waals surface area (Å²) in [6.07, 6.45) is 11.0. The minimum Gasteiger partial charge on any atom is -0.493 e. The molecule has 2 unspecified atom stereocenters. The van der Waals surface area contributed by atoms with Crippen LogP contribution in [0.2, 0.25) is 0 Å². The molecule has 0 bridgehead atoms. The van der Waals surface area contributed by atoms with Gasteiger partial charge in [0.2, 0.25) is 5.95 Å². The molecule has 5 rings (SSSR count). The van der Waals surface area contributed by atoms with Crippen LogP contribution in [0, 0.1) is 0 Å². The maximum Gasteiger partial charge on any atom is 0.229 e. The second-order valence-corrected chi connectivity index (χ2v) is 10.1. The highest BCUT2D eigenvalue weighted by Gasteiger charge is 2.32. The average molecular weight is 496 g/mol. The van der Waals surface area contributed by atoms with Gasteiger partial charge in [-0.1, -0.05) is 0 Å². The van der Waals surface area contributed by atoms with Crippen LogP contribution < -0.4 is 25.4 Å². The number of piperidine rings is 1. The molecule has 0 spiro atoms. The van der Waals surface area contributed by atoms with Crippen LogP contribution in [0.1, 0.15) is 44.9 Å². The Bertz CT molecular complexity index is 955. The van der Waals surface area contributed by atoms with Crippen molar-refractivity contribution in [2.45, 2.75) is 57.2 Å². The molecule has 3 N–H and O–H groups in total. The number of ether oxygens (including phenoxy) is 2. The SMILES string of the molecule is COc1ccc(Nc2nccc(NCCC3CN4CCCCC4N3)n2)cc1OCCCN1CCCC1. The first-order valence-electron chi connectivity index (χ1n) is 13.6. The summed E-state index contributed by atoms with van der Waals surface area (Å²) < 4.78 is 11.6. The van der Waals surface area contributed by atoms with E-state index < -0.39 is 0 Å². The zero-order valence-electron chi connectivity index (χ0n) is 21.5. The molecule has 9 heteroatoms. The fraction of sp³-hybridized carbons (Fsp3) is 0.630. The normalized spacial score (nSPS) is 22.4. The molecule has 1 aromatic heterocycles. The quantitative estimate of drug-likeness (QED) is 0.382. The van der Waals surface area contributed by atoms with Crippen LogP contribution in [0.25, 0.3) is 0 Å². The fourth-order valence-electron chi connectivity index (χ4n) is 5.55. The minimum absolute atomic E-state index is 0.549. The molecule has 1 aromatic carbocycles. The van der Waals surface area contributed by atoms with E-state index in [9.17, 15) is 0 Å². The molecular formula is C27H41N7O2. The number of nitrogens with zero attached hydrogens (tertiary/aromatic N) is 4. The number of likely N-dealkylation sites (tertiary alicyclic amines) is 1. The van der Waals surface area contributed by atoms with Crippen LogP contribution in [-0.2, 0) is 0 Å². The predicted molar refractivity (Wildman–Crippen MR) is 143 cm³/mol. The van der Waals surface area contributed by atoms with Gasteiger partial charge in [0, 0.05) is 43.6 Å². The van der Waals surface area contributed by atoms with E-state index in [-0.39, 0.29) is 0 Å². The van der Waals surface area contributed by atoms with Crippen LogP contribution in [0.5, 0.6) is 11.5 Å². The highest BCUT2D eigenvalue weighted by atomic mass is 16.5. The Labute approximate surface area is 215 Å². The zero-order valence-corrected chi connectivity index (χ0v) is 21.5. The molecule has 9 nitrogen and oxygen atoms in total. The highest BCUT2D eigenvalue weighted by molar-refractivity contribution is 5.60. The zero-order chi connectivity index (χ0) is 24.6. The Morgan fingerprint density at radius 2 is 1.97 bits per heavy atom. The smallest absolute Gasteiger partial charge is 0.229 e. The van der Waals surface area contributed by atoms with Crippen molar-refractivity contribution >= 4 is 17.5 Å². The number of methoxy groups -OCH3 is 1. The van der Waals surface area contributed by atoms with Gasteiger partial charge in [0.05, 0.1) is 19.9 Å². The van der Waals surface area contributed by atoms with E-state index in [0.717, 1.165) is 55.5 Å². The second kappa shape index (κ2) is 12.6. The van der Waals surface area contributed by atoms with Crippen molar-refractivity contribution in [3.63, 3.8) is 0 Å². The predicted octanol–water partition coefficient (Wildman–Crippen LogP) is 3.68. The molecule has 4 heterocycles. The summed E-state index contributed by atoms with van der Waals surface area (Å²) in [6.45, 7) is 7.46. The van der Waals surface area contributed by atoms with Crippen LogP contribution in [-0.4, -0.2) is 85.0 Å². The first-order chi connectivity index (χ1) is 17.8. The fourth-order valence-corrected chi connectivity index (χ4v) is 5.55. The lowest BCUT2D eigenvalue weighted by Crippen LogP contribution is -2.39. The van der Waals surface area contributed by atoms with E-state index in [1.54, 1.807) is 13.3 Å². The minimum atomic E-state index is 0.549. The lowest BCUT2D eigenvalue weighted by molar-refractivity contribution is 0.186. The van der Waals surface area contributed by atoms with Gasteiger partial charge >= 0.3 is 0 Å². The standard InChI is InChI=1S/C27H41N7O2/c1-35-23-9-8-21(19-24(23)36-18-6-16-33-14-4-5-15-33)31-27-29-13-11-25(32-27)28-12-10-22-20-34-17-3-2-7-26(34)30-22/h8-9,11,13,19,22,26,30H,2-7,10,12,14-18,20H2,1H3,(H2,28,29,31,32). The number of rotatable bonds is 12. The third kappa shape index (κ3) is 6.78. The summed E-state index contributed by atoms with van der Waals surface area (Å²) in [5, 5.41) is 10.6. The molecule has 0 saturated carbocycles. The van der Waals surface area contributed by atoms with Crippen molar-refractivity contribution in [2.24, 2.45) is 0 Å². The molecule has 0 aliphatic carbocycles. The van der Waals surface area contributed by atoms with Crippen molar-refractivity contribution < 1.29 is 9.47 Å². The van der Waals surface area contributed by atoms with E-state index in [2.05, 4.69) is 35.7 Å². The van der Waals surface area contributed by atoms with Gasteiger partial charge in [0.25, 0.3) is 0 Å². The molecular weight excluding hydrogens is 454 g/mol. The van der Waals surface area contributed by atoms with Gasteiger partial charge in [-0.05, 0) is 82.8 Å². The molecule has 0 radical (unpaired) electrons. The lowest BCUT2D eigenvalue weighted by Gasteiger charge is -2.28. The molecule has 3 aliphatic heterocycles. The Balaban J connectivity index is 1.10. The van der Waals surface area contributed by atoms with Gasteiger partial charge in [-0.2, -0.15) is 4.98 Å². The maximum atomic E-state index is 6.07. The van der Waals surface area contributed by atoms with E-state index in [4.69, 9.17) is 9.47 Å². The summed E-state index contributed by atoms with van der Waals surface area (Å²) in [5.74, 6) is 2.85. The molecule has 2 atom stereocenters. The summed E-state index contributed by atoms with van der Waals surface area (Å²) >= 11 is 0. The van der Waals surface area contributed by atoms with Gasteiger partial charge in [-0.15, -0.1) is 0 Å². The summed E-state index contributed by atoms with van der Waals surface area (Å²) in [4.78, 5) is 14.2. The van der Waals surface area contributed by atoms with Gasteiger partial charge in [-0.3, -0.25) is 10.2 Å². The number of hydrogen-bond donors (Lipinski definition) is 3. The van der Waals surface area contributed by atoms with Crippen molar-refractivity contribution in [3.05, 3.63) is 30.5 Å². The van der Waals surface area contributed by atoms with Crippen LogP contribution >= 0.6 is 0 Å². The van der Waals surface area contributed by atoms with E-state index in [0.29, 0.717) is 24.8 Å². The van der Waals surface area contributed by atoms with Crippen molar-refractivity contribution in [1.82, 2.24) is 25.1 Å². The van der Waals surface area contributed by atoms with E-state index >= 15 is 0 Å². The number of nitrogens with one attached hydrogen (secondary N) is 3. The Morgan fingerprint density at radius 3 is 2.83 bits per heavy atom. The first-order valence-corrected chi connectivity index (χ1v) is 13.6. The first kappa shape index (κ1) is 25.0. The molecule has 2 aromatic rings. The summed E-state index contributed by atoms with van der Waals surface area (Å²) in [5.41, 5.74) is 0.870. The average Bonchev–Trinajstić information content (AvgIpc) is 3.57. The maximum absolute atomic E-state index is 6.07. The Kier molecular flexibility index (Phi) is 8.74. The van der Waals surface area contributed by atoms with Crippen molar-refractivity contribution in [2.75, 3.05) is 63.6 Å². The van der Waals surface area contributed by atoms with E-state index in [1.165, 1.54) is 51.7 Å².